The van der Waals surface area contributed by atoms with E-state index in [1.54, 1.807) is 0 Å². The van der Waals surface area contributed by atoms with E-state index in [4.69, 9.17) is 0 Å². The highest BCUT2D eigenvalue weighted by atomic mass is 16.2. The third kappa shape index (κ3) is 5.04. The normalized spacial score (nSPS) is 16.9. The Kier molecular flexibility index (Phi) is 6.52. The predicted octanol–water partition coefficient (Wildman–Crippen LogP) is 0.786. The van der Waals surface area contributed by atoms with Gasteiger partial charge in [0.15, 0.2) is 0 Å². The number of carbonyl (C=O) groups is 1. The van der Waals surface area contributed by atoms with Gasteiger partial charge in [-0.2, -0.15) is 0 Å². The molecule has 0 aromatic carbocycles. The standard InChI is InChI=1S/C13H27N3O/c1-4-12(5-2)10-15(3)11-13(17)16-8-6-14-7-9-16/h12,14H,4-11H2,1-3H3. The molecule has 1 aliphatic rings. The van der Waals surface area contributed by atoms with Crippen molar-refractivity contribution in [3.8, 4) is 0 Å². The lowest BCUT2D eigenvalue weighted by Crippen LogP contribution is -2.49. The van der Waals surface area contributed by atoms with E-state index in [-0.39, 0.29) is 5.91 Å². The van der Waals surface area contributed by atoms with Crippen molar-refractivity contribution < 1.29 is 4.79 Å². The van der Waals surface area contributed by atoms with Crippen molar-refractivity contribution in [1.82, 2.24) is 15.1 Å². The van der Waals surface area contributed by atoms with Crippen LogP contribution in [0.1, 0.15) is 26.7 Å². The summed E-state index contributed by atoms with van der Waals surface area (Å²) in [5.41, 5.74) is 0. The molecule has 1 fully saturated rings. The Morgan fingerprint density at radius 2 is 1.88 bits per heavy atom. The highest BCUT2D eigenvalue weighted by Crippen LogP contribution is 2.08. The molecule has 4 heteroatoms. The largest absolute Gasteiger partial charge is 0.339 e. The first-order valence-electron chi connectivity index (χ1n) is 6.84. The molecule has 1 amide bonds. The molecule has 1 heterocycles. The first-order chi connectivity index (χ1) is 8.17. The Balaban J connectivity index is 2.29. The van der Waals surface area contributed by atoms with Crippen LogP contribution in [0.3, 0.4) is 0 Å². The van der Waals surface area contributed by atoms with E-state index < -0.39 is 0 Å². The van der Waals surface area contributed by atoms with E-state index in [0.717, 1.165) is 38.6 Å². The summed E-state index contributed by atoms with van der Waals surface area (Å²) in [4.78, 5) is 16.2. The Bertz CT molecular complexity index is 223. The van der Waals surface area contributed by atoms with Crippen LogP contribution in [0.2, 0.25) is 0 Å². The number of likely N-dealkylation sites (N-methyl/N-ethyl adjacent to an activating group) is 1. The summed E-state index contributed by atoms with van der Waals surface area (Å²) in [6.45, 7) is 9.63. The SMILES string of the molecule is CCC(CC)CN(C)CC(=O)N1CCNCC1. The van der Waals surface area contributed by atoms with E-state index in [0.29, 0.717) is 6.54 Å². The Morgan fingerprint density at radius 1 is 1.29 bits per heavy atom. The molecule has 4 nitrogen and oxygen atoms in total. The Labute approximate surface area is 105 Å². The number of hydrogen-bond donors (Lipinski definition) is 1. The van der Waals surface area contributed by atoms with Crippen molar-refractivity contribution in [3.63, 3.8) is 0 Å². The smallest absolute Gasteiger partial charge is 0.236 e. The molecular weight excluding hydrogens is 214 g/mol. The average Bonchev–Trinajstić information content (AvgIpc) is 2.37. The monoisotopic (exact) mass is 241 g/mol. The summed E-state index contributed by atoms with van der Waals surface area (Å²) in [5, 5.41) is 3.27. The van der Waals surface area contributed by atoms with Crippen LogP contribution >= 0.6 is 0 Å². The molecule has 0 saturated carbocycles. The number of amides is 1. The first kappa shape index (κ1) is 14.5. The van der Waals surface area contributed by atoms with Crippen LogP contribution in [0.15, 0.2) is 0 Å². The number of nitrogens with one attached hydrogen (secondary N) is 1. The molecule has 100 valence electrons. The van der Waals surface area contributed by atoms with Gasteiger partial charge in [0.25, 0.3) is 0 Å². The summed E-state index contributed by atoms with van der Waals surface area (Å²) in [6.07, 6.45) is 2.39. The molecule has 1 rings (SSSR count). The van der Waals surface area contributed by atoms with Crippen molar-refractivity contribution in [1.29, 1.82) is 0 Å². The number of piperazine rings is 1. The van der Waals surface area contributed by atoms with Gasteiger partial charge in [0.2, 0.25) is 5.91 Å². The molecule has 0 spiro atoms. The molecular formula is C13H27N3O. The molecule has 0 aromatic rings. The predicted molar refractivity (Wildman–Crippen MR) is 71.0 cm³/mol. The lowest BCUT2D eigenvalue weighted by molar-refractivity contribution is -0.132. The molecule has 0 bridgehead atoms. The minimum Gasteiger partial charge on any atom is -0.339 e. The second kappa shape index (κ2) is 7.67. The van der Waals surface area contributed by atoms with Crippen LogP contribution in [0, 0.1) is 5.92 Å². The molecule has 1 aliphatic heterocycles. The number of hydrogen-bond acceptors (Lipinski definition) is 3. The maximum Gasteiger partial charge on any atom is 0.236 e. The highest BCUT2D eigenvalue weighted by Gasteiger charge is 2.18. The van der Waals surface area contributed by atoms with E-state index in [1.165, 1.54) is 12.8 Å². The summed E-state index contributed by atoms with van der Waals surface area (Å²) in [7, 11) is 2.05. The van der Waals surface area contributed by atoms with Gasteiger partial charge in [-0.3, -0.25) is 9.69 Å². The summed E-state index contributed by atoms with van der Waals surface area (Å²) < 4.78 is 0. The molecule has 0 radical (unpaired) electrons. The molecule has 17 heavy (non-hydrogen) atoms. The third-order valence-electron chi connectivity index (χ3n) is 3.60. The van der Waals surface area contributed by atoms with Crippen molar-refractivity contribution >= 4 is 5.91 Å². The lowest BCUT2D eigenvalue weighted by atomic mass is 10.0. The molecule has 0 aromatic heterocycles. The minimum atomic E-state index is 0.278. The molecule has 1 saturated heterocycles. The van der Waals surface area contributed by atoms with E-state index in [9.17, 15) is 4.79 Å². The van der Waals surface area contributed by atoms with E-state index in [1.807, 2.05) is 4.90 Å². The molecule has 0 aliphatic carbocycles. The second-order valence-electron chi connectivity index (χ2n) is 5.01. The van der Waals surface area contributed by atoms with Gasteiger partial charge in [0.1, 0.15) is 0 Å². The van der Waals surface area contributed by atoms with Crippen LogP contribution in [0.25, 0.3) is 0 Å². The summed E-state index contributed by atoms with van der Waals surface area (Å²) >= 11 is 0. The van der Waals surface area contributed by atoms with E-state index in [2.05, 4.69) is 31.1 Å². The summed E-state index contributed by atoms with van der Waals surface area (Å²) in [6, 6.07) is 0. The number of carbonyl (C=O) groups excluding carboxylic acids is 1. The topological polar surface area (TPSA) is 35.6 Å². The lowest BCUT2D eigenvalue weighted by Gasteiger charge is -2.30. The second-order valence-corrected chi connectivity index (χ2v) is 5.01. The van der Waals surface area contributed by atoms with E-state index >= 15 is 0 Å². The highest BCUT2D eigenvalue weighted by molar-refractivity contribution is 5.78. The van der Waals surface area contributed by atoms with Gasteiger partial charge in [0, 0.05) is 32.7 Å². The zero-order valence-corrected chi connectivity index (χ0v) is 11.5. The van der Waals surface area contributed by atoms with Crippen molar-refractivity contribution in [3.05, 3.63) is 0 Å². The van der Waals surface area contributed by atoms with Crippen LogP contribution in [-0.4, -0.2) is 62.0 Å². The van der Waals surface area contributed by atoms with Crippen LogP contribution < -0.4 is 5.32 Å². The van der Waals surface area contributed by atoms with Gasteiger partial charge in [-0.15, -0.1) is 0 Å². The zero-order valence-electron chi connectivity index (χ0n) is 11.5. The van der Waals surface area contributed by atoms with Gasteiger partial charge in [-0.25, -0.2) is 0 Å². The Hall–Kier alpha value is -0.610. The van der Waals surface area contributed by atoms with Gasteiger partial charge >= 0.3 is 0 Å². The summed E-state index contributed by atoms with van der Waals surface area (Å²) in [5.74, 6) is 0.996. The first-order valence-corrected chi connectivity index (χ1v) is 6.84. The van der Waals surface area contributed by atoms with Gasteiger partial charge in [-0.1, -0.05) is 26.7 Å². The molecule has 0 atom stereocenters. The minimum absolute atomic E-state index is 0.278. The quantitative estimate of drug-likeness (QED) is 0.747. The van der Waals surface area contributed by atoms with Crippen LogP contribution in [-0.2, 0) is 4.79 Å². The van der Waals surface area contributed by atoms with Crippen LogP contribution in [0.5, 0.6) is 0 Å². The van der Waals surface area contributed by atoms with Gasteiger partial charge in [-0.05, 0) is 13.0 Å². The van der Waals surface area contributed by atoms with Crippen molar-refractivity contribution in [2.75, 3.05) is 46.3 Å². The third-order valence-corrected chi connectivity index (χ3v) is 3.60. The maximum atomic E-state index is 12.0. The van der Waals surface area contributed by atoms with Gasteiger partial charge < -0.3 is 10.2 Å². The number of nitrogens with zero attached hydrogens (tertiary/aromatic N) is 2. The molecule has 1 N–H and O–H groups in total. The van der Waals surface area contributed by atoms with Gasteiger partial charge in [0.05, 0.1) is 6.54 Å². The number of rotatable bonds is 6. The fourth-order valence-electron chi connectivity index (χ4n) is 2.30. The zero-order chi connectivity index (χ0) is 12.7. The van der Waals surface area contributed by atoms with Crippen LogP contribution in [0.4, 0.5) is 0 Å². The Morgan fingerprint density at radius 3 is 2.41 bits per heavy atom. The average molecular weight is 241 g/mol. The van der Waals surface area contributed by atoms with Crippen molar-refractivity contribution in [2.24, 2.45) is 5.92 Å². The maximum absolute atomic E-state index is 12.0. The molecule has 0 unspecified atom stereocenters. The van der Waals surface area contributed by atoms with Crippen molar-refractivity contribution in [2.45, 2.75) is 26.7 Å². The fraction of sp³-hybridized carbons (Fsp3) is 0.923. The fourth-order valence-corrected chi connectivity index (χ4v) is 2.30.